The van der Waals surface area contributed by atoms with Crippen LogP contribution in [0, 0.1) is 0 Å². The molecule has 2 amide bonds. The van der Waals surface area contributed by atoms with E-state index in [-0.39, 0.29) is 23.8 Å². The smallest absolute Gasteiger partial charge is 0.305 e. The van der Waals surface area contributed by atoms with Crippen molar-refractivity contribution in [3.8, 4) is 0 Å². The number of para-hydroxylation sites is 1. The SMILES string of the molecule is CCOC(=O)CCC(CCN(C)C(=O)c1n[nH]c2c1CN(C(=O)c1cc3ccccc3[nH]1)CC2)NC. The third-order valence-corrected chi connectivity index (χ3v) is 6.75. The molecule has 0 radical (unpaired) electrons. The zero-order valence-electron chi connectivity index (χ0n) is 21.1. The third-order valence-electron chi connectivity index (χ3n) is 6.75. The van der Waals surface area contributed by atoms with Gasteiger partial charge in [-0.15, -0.1) is 0 Å². The number of H-pyrrole nitrogens is 2. The first kappa shape index (κ1) is 25.4. The topological polar surface area (TPSA) is 123 Å². The lowest BCUT2D eigenvalue weighted by Crippen LogP contribution is -2.38. The largest absolute Gasteiger partial charge is 0.466 e. The van der Waals surface area contributed by atoms with Crippen molar-refractivity contribution in [3.05, 3.63) is 53.0 Å². The lowest BCUT2D eigenvalue weighted by atomic mass is 10.0. The van der Waals surface area contributed by atoms with Crippen molar-refractivity contribution in [2.45, 2.75) is 45.2 Å². The van der Waals surface area contributed by atoms with Gasteiger partial charge >= 0.3 is 5.97 Å². The maximum absolute atomic E-state index is 13.2. The minimum Gasteiger partial charge on any atom is -0.466 e. The Morgan fingerprint density at radius 2 is 2.06 bits per heavy atom. The van der Waals surface area contributed by atoms with Crippen LogP contribution in [-0.2, 0) is 22.5 Å². The fourth-order valence-electron chi connectivity index (χ4n) is 4.59. The molecule has 192 valence electrons. The quantitative estimate of drug-likeness (QED) is 0.372. The molecular formula is C26H34N6O4. The number of carbonyl (C=O) groups is 3. The van der Waals surface area contributed by atoms with E-state index in [0.717, 1.165) is 22.2 Å². The number of fused-ring (bicyclic) bond motifs is 2. The van der Waals surface area contributed by atoms with Crippen molar-refractivity contribution >= 4 is 28.7 Å². The maximum atomic E-state index is 13.2. The van der Waals surface area contributed by atoms with Crippen LogP contribution in [0.15, 0.2) is 30.3 Å². The fourth-order valence-corrected chi connectivity index (χ4v) is 4.59. The Balaban J connectivity index is 1.38. The molecule has 10 heteroatoms. The lowest BCUT2D eigenvalue weighted by molar-refractivity contribution is -0.143. The molecule has 1 aliphatic heterocycles. The molecule has 1 atom stereocenters. The molecule has 1 aromatic carbocycles. The molecule has 4 rings (SSSR count). The minimum atomic E-state index is -0.211. The molecular weight excluding hydrogens is 460 g/mol. The normalized spacial score (nSPS) is 13.9. The second-order valence-electron chi connectivity index (χ2n) is 9.12. The molecule has 0 saturated carbocycles. The summed E-state index contributed by atoms with van der Waals surface area (Å²) in [5.41, 5.74) is 3.48. The van der Waals surface area contributed by atoms with E-state index >= 15 is 0 Å². The number of nitrogens with zero attached hydrogens (tertiary/aromatic N) is 3. The summed E-state index contributed by atoms with van der Waals surface area (Å²) in [6.07, 6.45) is 2.28. The van der Waals surface area contributed by atoms with Crippen LogP contribution in [-0.4, -0.2) is 82.6 Å². The third kappa shape index (κ3) is 5.59. The number of rotatable bonds is 10. The van der Waals surface area contributed by atoms with Gasteiger partial charge in [-0.25, -0.2) is 0 Å². The van der Waals surface area contributed by atoms with E-state index < -0.39 is 0 Å². The molecule has 10 nitrogen and oxygen atoms in total. The average Bonchev–Trinajstić information content (AvgIpc) is 3.52. The number of ether oxygens (including phenoxy) is 1. The zero-order chi connectivity index (χ0) is 25.7. The standard InChI is InChI=1S/C26H34N6O4/c1-4-36-23(33)10-9-18(27-2)11-13-31(3)26(35)24-19-16-32(14-12-21(19)29-30-24)25(34)22-15-17-7-5-6-8-20(17)28-22/h5-8,15,18,27-28H,4,9-14,16H2,1-3H3,(H,29,30). The summed E-state index contributed by atoms with van der Waals surface area (Å²) in [4.78, 5) is 44.7. The van der Waals surface area contributed by atoms with Crippen LogP contribution >= 0.6 is 0 Å². The molecule has 3 heterocycles. The molecule has 36 heavy (non-hydrogen) atoms. The number of benzene rings is 1. The molecule has 3 aromatic rings. The van der Waals surface area contributed by atoms with Crippen LogP contribution in [0.5, 0.6) is 0 Å². The number of hydrogen-bond acceptors (Lipinski definition) is 6. The number of esters is 1. The summed E-state index contributed by atoms with van der Waals surface area (Å²) in [6, 6.07) is 9.73. The summed E-state index contributed by atoms with van der Waals surface area (Å²) in [5, 5.41) is 11.5. The van der Waals surface area contributed by atoms with E-state index in [1.54, 1.807) is 23.8 Å². The highest BCUT2D eigenvalue weighted by Crippen LogP contribution is 2.24. The Labute approximate surface area is 210 Å². The number of nitrogens with one attached hydrogen (secondary N) is 3. The predicted octanol–water partition coefficient (Wildman–Crippen LogP) is 2.48. The zero-order valence-corrected chi connectivity index (χ0v) is 21.1. The number of amides is 2. The first-order valence-corrected chi connectivity index (χ1v) is 12.4. The summed E-state index contributed by atoms with van der Waals surface area (Å²) in [5.74, 6) is -0.493. The van der Waals surface area contributed by atoms with Gasteiger partial charge in [-0.05, 0) is 38.9 Å². The molecule has 1 aliphatic rings. The van der Waals surface area contributed by atoms with Gasteiger partial charge in [-0.3, -0.25) is 19.5 Å². The Morgan fingerprint density at radius 3 is 2.81 bits per heavy atom. The maximum Gasteiger partial charge on any atom is 0.305 e. The number of aromatic amines is 2. The lowest BCUT2D eigenvalue weighted by Gasteiger charge is -2.27. The Kier molecular flexibility index (Phi) is 8.04. The van der Waals surface area contributed by atoms with Crippen LogP contribution in [0.25, 0.3) is 10.9 Å². The average molecular weight is 495 g/mol. The van der Waals surface area contributed by atoms with Crippen LogP contribution in [0.1, 0.15) is 58.4 Å². The molecule has 2 aromatic heterocycles. The Bertz CT molecular complexity index is 1200. The monoisotopic (exact) mass is 494 g/mol. The van der Waals surface area contributed by atoms with E-state index in [2.05, 4.69) is 20.5 Å². The van der Waals surface area contributed by atoms with Crippen molar-refractivity contribution in [3.63, 3.8) is 0 Å². The predicted molar refractivity (Wildman–Crippen MR) is 136 cm³/mol. The van der Waals surface area contributed by atoms with Gasteiger partial charge in [-0.1, -0.05) is 18.2 Å². The van der Waals surface area contributed by atoms with Crippen LogP contribution in [0.4, 0.5) is 0 Å². The van der Waals surface area contributed by atoms with Gasteiger partial charge in [0.25, 0.3) is 11.8 Å². The van der Waals surface area contributed by atoms with Gasteiger partial charge in [0.2, 0.25) is 0 Å². The van der Waals surface area contributed by atoms with Gasteiger partial charge in [0.1, 0.15) is 5.69 Å². The minimum absolute atomic E-state index is 0.0853. The van der Waals surface area contributed by atoms with Gasteiger partial charge in [0.05, 0.1) is 13.2 Å². The van der Waals surface area contributed by atoms with Crippen LogP contribution < -0.4 is 5.32 Å². The first-order chi connectivity index (χ1) is 17.4. The van der Waals surface area contributed by atoms with E-state index in [1.807, 2.05) is 37.4 Å². The van der Waals surface area contributed by atoms with Crippen molar-refractivity contribution in [1.29, 1.82) is 0 Å². The van der Waals surface area contributed by atoms with Crippen molar-refractivity contribution in [2.24, 2.45) is 0 Å². The van der Waals surface area contributed by atoms with E-state index in [1.165, 1.54) is 0 Å². The molecule has 0 aliphatic carbocycles. The Hall–Kier alpha value is -3.66. The second kappa shape index (κ2) is 11.4. The molecule has 0 fully saturated rings. The van der Waals surface area contributed by atoms with Crippen molar-refractivity contribution in [2.75, 3.05) is 33.8 Å². The van der Waals surface area contributed by atoms with Crippen LogP contribution in [0.2, 0.25) is 0 Å². The molecule has 0 saturated heterocycles. The molecule has 3 N–H and O–H groups in total. The Morgan fingerprint density at radius 1 is 1.25 bits per heavy atom. The van der Waals surface area contributed by atoms with Gasteiger partial charge in [0, 0.05) is 61.2 Å². The van der Waals surface area contributed by atoms with E-state index in [4.69, 9.17) is 4.74 Å². The number of hydrogen-bond donors (Lipinski definition) is 3. The number of carbonyl (C=O) groups excluding carboxylic acids is 3. The second-order valence-corrected chi connectivity index (χ2v) is 9.12. The van der Waals surface area contributed by atoms with E-state index in [0.29, 0.717) is 63.3 Å². The van der Waals surface area contributed by atoms with Crippen molar-refractivity contribution < 1.29 is 19.1 Å². The first-order valence-electron chi connectivity index (χ1n) is 12.4. The highest BCUT2D eigenvalue weighted by molar-refractivity contribution is 5.98. The van der Waals surface area contributed by atoms with E-state index in [9.17, 15) is 14.4 Å². The molecule has 0 spiro atoms. The summed E-state index contributed by atoms with van der Waals surface area (Å²) in [7, 11) is 3.60. The highest BCUT2D eigenvalue weighted by Gasteiger charge is 2.30. The summed E-state index contributed by atoms with van der Waals surface area (Å²) in [6.45, 7) is 3.55. The molecule has 1 unspecified atom stereocenters. The van der Waals surface area contributed by atoms with Crippen LogP contribution in [0.3, 0.4) is 0 Å². The van der Waals surface area contributed by atoms with Crippen molar-refractivity contribution in [1.82, 2.24) is 30.3 Å². The summed E-state index contributed by atoms with van der Waals surface area (Å²) < 4.78 is 5.00. The van der Waals surface area contributed by atoms with Gasteiger partial charge in [0.15, 0.2) is 5.69 Å². The van der Waals surface area contributed by atoms with Gasteiger partial charge in [-0.2, -0.15) is 5.10 Å². The number of aromatic nitrogens is 3. The fraction of sp³-hybridized carbons (Fsp3) is 0.462. The summed E-state index contributed by atoms with van der Waals surface area (Å²) >= 11 is 0. The van der Waals surface area contributed by atoms with Gasteiger partial charge < -0.3 is 24.8 Å². The highest BCUT2D eigenvalue weighted by atomic mass is 16.5. The molecule has 0 bridgehead atoms.